The zero-order chi connectivity index (χ0) is 14.6. The second kappa shape index (κ2) is 4.26. The maximum atomic E-state index is 6.19. The molecule has 104 valence electrons. The molecular weight excluding hydrogens is 290 g/mol. The van der Waals surface area contributed by atoms with E-state index in [-0.39, 0.29) is 0 Å². The van der Waals surface area contributed by atoms with E-state index in [2.05, 4.69) is 20.2 Å². The van der Waals surface area contributed by atoms with E-state index in [0.29, 0.717) is 27.9 Å². The van der Waals surface area contributed by atoms with Gasteiger partial charge < -0.3 is 4.42 Å². The van der Waals surface area contributed by atoms with E-state index in [9.17, 15) is 0 Å². The van der Waals surface area contributed by atoms with Gasteiger partial charge in [0.25, 0.3) is 11.5 Å². The molecule has 0 N–H and O–H groups in total. The average molecular weight is 300 g/mol. The first-order chi connectivity index (χ1) is 10.1. The van der Waals surface area contributed by atoms with Gasteiger partial charge >= 0.3 is 0 Å². The van der Waals surface area contributed by atoms with Gasteiger partial charge in [-0.15, -0.1) is 10.2 Å². The minimum Gasteiger partial charge on any atom is -0.417 e. The van der Waals surface area contributed by atoms with Crippen molar-refractivity contribution in [2.24, 2.45) is 0 Å². The number of benzene rings is 1. The molecule has 7 heteroatoms. The van der Waals surface area contributed by atoms with Crippen LogP contribution in [0.5, 0.6) is 0 Å². The predicted molar refractivity (Wildman–Crippen MR) is 78.3 cm³/mol. The van der Waals surface area contributed by atoms with E-state index in [0.717, 1.165) is 17.1 Å². The third kappa shape index (κ3) is 1.72. The van der Waals surface area contributed by atoms with E-state index in [4.69, 9.17) is 16.0 Å². The molecule has 21 heavy (non-hydrogen) atoms. The normalized spacial score (nSPS) is 11.6. The predicted octanol–water partition coefficient (Wildman–Crippen LogP) is 3.20. The molecule has 0 atom stereocenters. The van der Waals surface area contributed by atoms with Crippen molar-refractivity contribution in [3.8, 4) is 11.5 Å². The number of fused-ring (bicyclic) bond motifs is 2. The average Bonchev–Trinajstić information content (AvgIpc) is 3.04. The molecule has 0 aliphatic carbocycles. The van der Waals surface area contributed by atoms with Crippen LogP contribution in [-0.2, 0) is 0 Å². The quantitative estimate of drug-likeness (QED) is 0.540. The van der Waals surface area contributed by atoms with Crippen molar-refractivity contribution in [2.75, 3.05) is 0 Å². The van der Waals surface area contributed by atoms with Gasteiger partial charge in [0.2, 0.25) is 5.89 Å². The van der Waals surface area contributed by atoms with E-state index >= 15 is 0 Å². The summed E-state index contributed by atoms with van der Waals surface area (Å²) >= 11 is 6.19. The fourth-order valence-electron chi connectivity index (χ4n) is 2.39. The standard InChI is InChI=1S/C14H10ClN5O/c1-7-11-13(17-14-19-18-8(2)20(7)14)21-12(16-11)9-5-3-4-6-10(9)15/h3-6H,1-2H3. The van der Waals surface area contributed by atoms with Gasteiger partial charge in [0.05, 0.1) is 16.3 Å². The summed E-state index contributed by atoms with van der Waals surface area (Å²) < 4.78 is 7.59. The second-order valence-electron chi connectivity index (χ2n) is 4.73. The Morgan fingerprint density at radius 2 is 1.90 bits per heavy atom. The minimum absolute atomic E-state index is 0.433. The molecule has 0 radical (unpaired) electrons. The van der Waals surface area contributed by atoms with Crippen molar-refractivity contribution in [1.82, 2.24) is 24.6 Å². The summed E-state index contributed by atoms with van der Waals surface area (Å²) in [6.45, 7) is 3.81. The summed E-state index contributed by atoms with van der Waals surface area (Å²) in [5, 5.41) is 8.62. The molecule has 0 fully saturated rings. The molecule has 0 aliphatic rings. The lowest BCUT2D eigenvalue weighted by Crippen LogP contribution is -1.97. The first kappa shape index (κ1) is 12.3. The van der Waals surface area contributed by atoms with Crippen molar-refractivity contribution in [3.63, 3.8) is 0 Å². The molecule has 4 aromatic rings. The Labute approximate surface area is 124 Å². The zero-order valence-electron chi connectivity index (χ0n) is 11.3. The van der Waals surface area contributed by atoms with Gasteiger partial charge in [-0.25, -0.2) is 4.98 Å². The minimum atomic E-state index is 0.433. The highest BCUT2D eigenvalue weighted by Crippen LogP contribution is 2.30. The number of rotatable bonds is 1. The summed E-state index contributed by atoms with van der Waals surface area (Å²) in [6, 6.07) is 7.41. The molecule has 0 amide bonds. The summed E-state index contributed by atoms with van der Waals surface area (Å²) in [6.07, 6.45) is 0. The smallest absolute Gasteiger partial charge is 0.258 e. The number of halogens is 1. The Hall–Kier alpha value is -2.47. The number of hydrogen-bond acceptors (Lipinski definition) is 5. The van der Waals surface area contributed by atoms with Crippen LogP contribution in [-0.4, -0.2) is 24.6 Å². The highest BCUT2D eigenvalue weighted by molar-refractivity contribution is 6.33. The lowest BCUT2D eigenvalue weighted by atomic mass is 10.2. The number of hydrogen-bond donors (Lipinski definition) is 0. The Morgan fingerprint density at radius 1 is 1.10 bits per heavy atom. The maximum absolute atomic E-state index is 6.19. The summed E-state index contributed by atoms with van der Waals surface area (Å²) in [5.74, 6) is 1.71. The molecule has 0 spiro atoms. The maximum Gasteiger partial charge on any atom is 0.258 e. The molecule has 0 aliphatic heterocycles. The Balaban J connectivity index is 2.05. The monoisotopic (exact) mass is 299 g/mol. The van der Waals surface area contributed by atoms with Crippen LogP contribution in [0, 0.1) is 13.8 Å². The first-order valence-electron chi connectivity index (χ1n) is 6.39. The molecule has 0 unspecified atom stereocenters. The third-order valence-electron chi connectivity index (χ3n) is 3.40. The van der Waals surface area contributed by atoms with Gasteiger partial charge in [-0.05, 0) is 26.0 Å². The zero-order valence-corrected chi connectivity index (χ0v) is 12.1. The van der Waals surface area contributed by atoms with Crippen molar-refractivity contribution < 1.29 is 4.42 Å². The van der Waals surface area contributed by atoms with Crippen LogP contribution in [0.1, 0.15) is 11.5 Å². The molecule has 0 saturated carbocycles. The number of oxazole rings is 1. The molecule has 3 aromatic heterocycles. The van der Waals surface area contributed by atoms with Crippen LogP contribution < -0.4 is 0 Å². The van der Waals surface area contributed by atoms with E-state index < -0.39 is 0 Å². The van der Waals surface area contributed by atoms with Gasteiger partial charge in [-0.3, -0.25) is 4.40 Å². The topological polar surface area (TPSA) is 69.1 Å². The number of aromatic nitrogens is 5. The van der Waals surface area contributed by atoms with Crippen molar-refractivity contribution in [2.45, 2.75) is 13.8 Å². The largest absolute Gasteiger partial charge is 0.417 e. The molecular formula is C14H10ClN5O. The Kier molecular flexibility index (Phi) is 2.49. The molecule has 3 heterocycles. The van der Waals surface area contributed by atoms with E-state index in [1.807, 2.05) is 36.4 Å². The Bertz CT molecular complexity index is 988. The van der Waals surface area contributed by atoms with Crippen molar-refractivity contribution in [3.05, 3.63) is 40.8 Å². The van der Waals surface area contributed by atoms with E-state index in [1.54, 1.807) is 6.07 Å². The van der Waals surface area contributed by atoms with Crippen LogP contribution in [0.15, 0.2) is 28.7 Å². The van der Waals surface area contributed by atoms with Crippen molar-refractivity contribution >= 4 is 28.6 Å². The molecule has 1 aromatic carbocycles. The molecule has 6 nitrogen and oxygen atoms in total. The van der Waals surface area contributed by atoms with Crippen LogP contribution in [0.3, 0.4) is 0 Å². The summed E-state index contributed by atoms with van der Waals surface area (Å²) in [7, 11) is 0. The lowest BCUT2D eigenvalue weighted by Gasteiger charge is -1.98. The van der Waals surface area contributed by atoms with Crippen LogP contribution in [0.2, 0.25) is 5.02 Å². The fraction of sp³-hybridized carbons (Fsp3) is 0.143. The second-order valence-corrected chi connectivity index (χ2v) is 5.14. The van der Waals surface area contributed by atoms with E-state index in [1.165, 1.54) is 0 Å². The number of nitrogens with zero attached hydrogens (tertiary/aromatic N) is 5. The Morgan fingerprint density at radius 3 is 2.71 bits per heavy atom. The first-order valence-corrected chi connectivity index (χ1v) is 6.77. The summed E-state index contributed by atoms with van der Waals surface area (Å²) in [5.41, 5.74) is 2.74. The SMILES string of the molecule is Cc1nnc2nc3oc(-c4ccccc4Cl)nc3c(C)n12. The van der Waals surface area contributed by atoms with Gasteiger partial charge in [0.1, 0.15) is 11.3 Å². The fourth-order valence-corrected chi connectivity index (χ4v) is 2.60. The summed E-state index contributed by atoms with van der Waals surface area (Å²) in [4.78, 5) is 8.88. The molecule has 0 saturated heterocycles. The lowest BCUT2D eigenvalue weighted by molar-refractivity contribution is 0.608. The highest BCUT2D eigenvalue weighted by atomic mass is 35.5. The van der Waals surface area contributed by atoms with Crippen LogP contribution in [0.4, 0.5) is 0 Å². The van der Waals surface area contributed by atoms with Crippen LogP contribution >= 0.6 is 11.6 Å². The third-order valence-corrected chi connectivity index (χ3v) is 3.73. The molecule has 4 rings (SSSR count). The van der Waals surface area contributed by atoms with Gasteiger partial charge in [-0.1, -0.05) is 23.7 Å². The van der Waals surface area contributed by atoms with Crippen molar-refractivity contribution in [1.29, 1.82) is 0 Å². The number of aryl methyl sites for hydroxylation is 2. The van der Waals surface area contributed by atoms with Gasteiger partial charge in [0, 0.05) is 0 Å². The van der Waals surface area contributed by atoms with Crippen LogP contribution in [0.25, 0.3) is 28.5 Å². The van der Waals surface area contributed by atoms with Gasteiger partial charge in [0.15, 0.2) is 0 Å². The highest BCUT2D eigenvalue weighted by Gasteiger charge is 2.17. The van der Waals surface area contributed by atoms with Gasteiger partial charge in [-0.2, -0.15) is 4.98 Å². The molecule has 0 bridgehead atoms.